The number of rotatable bonds is 0. The predicted octanol–water partition coefficient (Wildman–Crippen LogP) is 5.68. The number of allylic oxidation sites excluding steroid dienone is 2. The zero-order valence-electron chi connectivity index (χ0n) is 8.54. The van der Waals surface area contributed by atoms with Gasteiger partial charge in [-0.2, -0.15) is 0 Å². The van der Waals surface area contributed by atoms with Gasteiger partial charge in [0.05, 0.1) is 20.8 Å². The summed E-state index contributed by atoms with van der Waals surface area (Å²) in [6.07, 6.45) is 0.555. The topological polar surface area (TPSA) is 0 Å². The van der Waals surface area contributed by atoms with Crippen LogP contribution >= 0.6 is 92.8 Å². The number of hydrogen-bond acceptors (Lipinski definition) is 0. The molecule has 0 aromatic rings. The number of halogens is 8. The van der Waals surface area contributed by atoms with Crippen LogP contribution in [0.25, 0.3) is 0 Å². The average molecular weight is 410 g/mol. The average Bonchev–Trinajstić information content (AvgIpc) is 2.69. The van der Waals surface area contributed by atoms with Gasteiger partial charge in [0.15, 0.2) is 4.33 Å². The first-order valence-corrected chi connectivity index (χ1v) is 8.35. The predicted molar refractivity (Wildman–Crippen MR) is 81.2 cm³/mol. The van der Waals surface area contributed by atoms with Crippen molar-refractivity contribution in [3.8, 4) is 0 Å². The van der Waals surface area contributed by atoms with Crippen molar-refractivity contribution in [2.75, 3.05) is 0 Å². The minimum absolute atomic E-state index is 0.184. The van der Waals surface area contributed by atoms with Crippen LogP contribution in [0.15, 0.2) is 10.1 Å². The molecule has 0 aromatic heterocycles. The third kappa shape index (κ3) is 1.28. The number of alkyl halides is 6. The molecular formula is C10H6Cl8. The Morgan fingerprint density at radius 1 is 0.889 bits per heavy atom. The fraction of sp³-hybridized carbons (Fsp3) is 0.800. The number of hydrogen-bond donors (Lipinski definition) is 0. The van der Waals surface area contributed by atoms with Crippen LogP contribution in [0.5, 0.6) is 0 Å². The molecule has 0 unspecified atom stereocenters. The van der Waals surface area contributed by atoms with E-state index in [1.54, 1.807) is 0 Å². The molecule has 0 amide bonds. The van der Waals surface area contributed by atoms with Gasteiger partial charge >= 0.3 is 0 Å². The van der Waals surface area contributed by atoms with Crippen LogP contribution in [0.3, 0.4) is 0 Å². The standard InChI is InChI=1S/C10H6Cl8/c11-3-1-2-4(5(3)12)9(16)7(14)6(13)8(2,15)10(9,17)18/h2-5H,1H2/t2-,3-,4+,5-,8+,9+/m1/s1. The second kappa shape index (κ2) is 4.07. The molecule has 8 heteroatoms. The van der Waals surface area contributed by atoms with E-state index in [-0.39, 0.29) is 27.3 Å². The Labute approximate surface area is 145 Å². The van der Waals surface area contributed by atoms with Crippen molar-refractivity contribution in [2.45, 2.75) is 31.3 Å². The van der Waals surface area contributed by atoms with E-state index in [2.05, 4.69) is 0 Å². The lowest BCUT2D eigenvalue weighted by Gasteiger charge is -2.35. The largest absolute Gasteiger partial charge is 0.166 e. The molecule has 0 nitrogen and oxygen atoms in total. The summed E-state index contributed by atoms with van der Waals surface area (Å²) in [6, 6.07) is 0. The van der Waals surface area contributed by atoms with E-state index in [0.717, 1.165) is 0 Å². The van der Waals surface area contributed by atoms with Gasteiger partial charge in [0.1, 0.15) is 9.75 Å². The molecule has 0 heterocycles. The van der Waals surface area contributed by atoms with E-state index in [0.29, 0.717) is 6.42 Å². The lowest BCUT2D eigenvalue weighted by molar-refractivity contribution is 0.385. The quantitative estimate of drug-likeness (QED) is 0.451. The van der Waals surface area contributed by atoms with Crippen molar-refractivity contribution in [1.82, 2.24) is 0 Å². The Balaban J connectivity index is 2.26. The van der Waals surface area contributed by atoms with Crippen LogP contribution < -0.4 is 0 Å². The molecular weight excluding hydrogens is 404 g/mol. The maximum atomic E-state index is 6.62. The Bertz CT molecular complexity index is 459. The summed E-state index contributed by atoms with van der Waals surface area (Å²) >= 11 is 51.0. The van der Waals surface area contributed by atoms with Gasteiger partial charge in [0, 0.05) is 5.92 Å². The molecule has 18 heavy (non-hydrogen) atoms. The van der Waals surface area contributed by atoms with Gasteiger partial charge < -0.3 is 0 Å². The van der Waals surface area contributed by atoms with Crippen molar-refractivity contribution in [1.29, 1.82) is 0 Å². The fourth-order valence-electron chi connectivity index (χ4n) is 3.48. The smallest absolute Gasteiger partial charge is 0.121 e. The molecule has 2 saturated carbocycles. The molecule has 6 atom stereocenters. The van der Waals surface area contributed by atoms with Crippen LogP contribution in [0.1, 0.15) is 6.42 Å². The van der Waals surface area contributed by atoms with Crippen LogP contribution in [0.4, 0.5) is 0 Å². The molecule has 2 bridgehead atoms. The molecule has 0 N–H and O–H groups in total. The molecule has 0 saturated heterocycles. The Morgan fingerprint density at radius 3 is 1.94 bits per heavy atom. The third-order valence-electron chi connectivity index (χ3n) is 4.32. The maximum absolute atomic E-state index is 6.62. The van der Waals surface area contributed by atoms with Crippen LogP contribution in [0.2, 0.25) is 0 Å². The van der Waals surface area contributed by atoms with Crippen molar-refractivity contribution >= 4 is 92.8 Å². The molecule has 3 rings (SSSR count). The first-order valence-electron chi connectivity index (χ1n) is 5.21. The van der Waals surface area contributed by atoms with E-state index in [1.807, 2.05) is 0 Å². The highest BCUT2D eigenvalue weighted by Gasteiger charge is 2.84. The van der Waals surface area contributed by atoms with Crippen molar-refractivity contribution in [3.63, 3.8) is 0 Å². The maximum Gasteiger partial charge on any atom is 0.166 e. The van der Waals surface area contributed by atoms with Crippen molar-refractivity contribution in [3.05, 3.63) is 10.1 Å². The second-order valence-corrected chi connectivity index (χ2v) is 9.29. The first-order chi connectivity index (χ1) is 8.11. The Hall–Kier alpha value is 2.06. The summed E-state index contributed by atoms with van der Waals surface area (Å²) in [4.78, 5) is -2.50. The lowest BCUT2D eigenvalue weighted by Crippen LogP contribution is -2.47. The van der Waals surface area contributed by atoms with Gasteiger partial charge in [-0.3, -0.25) is 0 Å². The van der Waals surface area contributed by atoms with E-state index in [9.17, 15) is 0 Å². The van der Waals surface area contributed by atoms with Gasteiger partial charge in [-0.15, -0.1) is 46.4 Å². The zero-order chi connectivity index (χ0) is 13.7. The van der Waals surface area contributed by atoms with Crippen LogP contribution in [-0.4, -0.2) is 24.8 Å². The molecule has 2 fully saturated rings. The minimum Gasteiger partial charge on any atom is -0.121 e. The fourth-order valence-corrected chi connectivity index (χ4v) is 7.46. The summed E-state index contributed by atoms with van der Waals surface area (Å²) in [7, 11) is 0. The van der Waals surface area contributed by atoms with Gasteiger partial charge in [-0.05, 0) is 12.3 Å². The minimum atomic E-state index is -1.50. The van der Waals surface area contributed by atoms with Gasteiger partial charge in [0.25, 0.3) is 0 Å². The van der Waals surface area contributed by atoms with Gasteiger partial charge in [-0.25, -0.2) is 0 Å². The molecule has 0 aliphatic heterocycles. The highest BCUT2D eigenvalue weighted by Crippen LogP contribution is 2.79. The molecule has 3 aliphatic carbocycles. The van der Waals surface area contributed by atoms with Crippen LogP contribution in [0, 0.1) is 11.8 Å². The van der Waals surface area contributed by atoms with E-state index in [1.165, 1.54) is 0 Å². The molecule has 102 valence electrons. The monoisotopic (exact) mass is 406 g/mol. The third-order valence-corrected chi connectivity index (χ3v) is 9.79. The van der Waals surface area contributed by atoms with Gasteiger partial charge in [-0.1, -0.05) is 46.4 Å². The number of fused-ring (bicyclic) bond motifs is 5. The highest BCUT2D eigenvalue weighted by molar-refractivity contribution is 6.66. The molecule has 0 radical (unpaired) electrons. The summed E-state index contributed by atoms with van der Waals surface area (Å²) in [6.45, 7) is 0. The summed E-state index contributed by atoms with van der Waals surface area (Å²) in [5.74, 6) is -0.488. The summed E-state index contributed by atoms with van der Waals surface area (Å²) < 4.78 is -1.50. The van der Waals surface area contributed by atoms with Gasteiger partial charge in [0.2, 0.25) is 0 Å². The summed E-state index contributed by atoms with van der Waals surface area (Å²) in [5.41, 5.74) is 0. The van der Waals surface area contributed by atoms with Crippen molar-refractivity contribution in [2.24, 2.45) is 11.8 Å². The molecule has 0 spiro atoms. The Morgan fingerprint density at radius 2 is 1.39 bits per heavy atom. The zero-order valence-corrected chi connectivity index (χ0v) is 14.6. The van der Waals surface area contributed by atoms with E-state index < -0.39 is 19.5 Å². The second-order valence-electron chi connectivity index (χ2n) is 4.95. The van der Waals surface area contributed by atoms with E-state index >= 15 is 0 Å². The first kappa shape index (κ1) is 15.0. The summed E-state index contributed by atoms with van der Waals surface area (Å²) in [5, 5.41) is -0.259. The SMILES string of the molecule is ClC1=C(Cl)[C@@]2(Cl)[C@@H]3C[C@@H](Cl)[C@@H](Cl)[C@H]3[C@@]1(Cl)C2(Cl)Cl. The normalized spacial score (nSPS) is 57.3. The highest BCUT2D eigenvalue weighted by atomic mass is 35.5. The lowest BCUT2D eigenvalue weighted by atomic mass is 9.84. The van der Waals surface area contributed by atoms with Crippen LogP contribution in [-0.2, 0) is 0 Å². The Kier molecular flexibility index (Phi) is 3.39. The molecule has 3 aliphatic rings. The molecule has 0 aromatic carbocycles. The van der Waals surface area contributed by atoms with Crippen molar-refractivity contribution < 1.29 is 0 Å². The van der Waals surface area contributed by atoms with E-state index in [4.69, 9.17) is 92.8 Å².